The normalized spacial score (nSPS) is 13.1. The van der Waals surface area contributed by atoms with E-state index in [9.17, 15) is 5.11 Å². The Kier molecular flexibility index (Phi) is 5.76. The molecule has 0 spiro atoms. The third-order valence-corrected chi connectivity index (χ3v) is 3.24. The molecule has 1 rings (SSSR count). The van der Waals surface area contributed by atoms with Gasteiger partial charge in [0.05, 0.1) is 6.10 Å². The van der Waals surface area contributed by atoms with Gasteiger partial charge in [0.15, 0.2) is 0 Å². The lowest BCUT2D eigenvalue weighted by atomic mass is 10.2. The van der Waals surface area contributed by atoms with Gasteiger partial charge in [0.1, 0.15) is 0 Å². The van der Waals surface area contributed by atoms with Gasteiger partial charge in [-0.3, -0.25) is 0 Å². The molecule has 0 aliphatic heterocycles. The van der Waals surface area contributed by atoms with Crippen molar-refractivity contribution in [2.24, 2.45) is 0 Å². The number of halogens is 2. The van der Waals surface area contributed by atoms with E-state index in [-0.39, 0.29) is 6.10 Å². The van der Waals surface area contributed by atoms with E-state index in [1.54, 1.807) is 6.92 Å². The molecule has 0 bridgehead atoms. The van der Waals surface area contributed by atoms with E-state index in [4.69, 9.17) is 11.6 Å². The van der Waals surface area contributed by atoms with Gasteiger partial charge in [0.2, 0.25) is 0 Å². The topological polar surface area (TPSA) is 23.5 Å². The Hall–Kier alpha value is -0.0900. The highest BCUT2D eigenvalue weighted by molar-refractivity contribution is 9.10. The van der Waals surface area contributed by atoms with E-state index in [2.05, 4.69) is 20.8 Å². The first-order valence-electron chi connectivity index (χ1n) is 5.29. The van der Waals surface area contributed by atoms with Gasteiger partial charge >= 0.3 is 0 Å². The van der Waals surface area contributed by atoms with Gasteiger partial charge in [-0.05, 0) is 44.2 Å². The van der Waals surface area contributed by atoms with Crippen molar-refractivity contribution in [2.75, 3.05) is 13.6 Å². The molecule has 0 radical (unpaired) electrons. The molecule has 4 heteroatoms. The lowest BCUT2D eigenvalue weighted by molar-refractivity contribution is 0.163. The average Bonchev–Trinajstić information content (AvgIpc) is 2.20. The summed E-state index contributed by atoms with van der Waals surface area (Å²) in [5, 5.41) is 9.99. The van der Waals surface area contributed by atoms with E-state index >= 15 is 0 Å². The second-order valence-corrected chi connectivity index (χ2v) is 5.43. The molecule has 0 saturated heterocycles. The van der Waals surface area contributed by atoms with Crippen LogP contribution in [0.2, 0.25) is 5.02 Å². The van der Waals surface area contributed by atoms with Gasteiger partial charge in [-0.15, -0.1) is 0 Å². The van der Waals surface area contributed by atoms with Crippen molar-refractivity contribution in [1.29, 1.82) is 0 Å². The van der Waals surface area contributed by atoms with Crippen molar-refractivity contribution in [2.45, 2.75) is 26.0 Å². The highest BCUT2D eigenvalue weighted by atomic mass is 79.9. The number of hydrogen-bond donors (Lipinski definition) is 1. The summed E-state index contributed by atoms with van der Waals surface area (Å²) in [6.07, 6.45) is 0.530. The predicted molar refractivity (Wildman–Crippen MR) is 71.8 cm³/mol. The quantitative estimate of drug-likeness (QED) is 0.902. The number of hydrogen-bond acceptors (Lipinski definition) is 2. The van der Waals surface area contributed by atoms with E-state index in [1.165, 1.54) is 0 Å². The fraction of sp³-hybridized carbons (Fsp3) is 0.500. The van der Waals surface area contributed by atoms with Crippen molar-refractivity contribution in [3.05, 3.63) is 33.3 Å². The third-order valence-electron chi connectivity index (χ3n) is 2.38. The van der Waals surface area contributed by atoms with Crippen molar-refractivity contribution in [1.82, 2.24) is 4.90 Å². The van der Waals surface area contributed by atoms with E-state index in [0.29, 0.717) is 0 Å². The molecule has 0 amide bonds. The van der Waals surface area contributed by atoms with Crippen LogP contribution in [-0.2, 0) is 6.54 Å². The molecule has 16 heavy (non-hydrogen) atoms. The summed E-state index contributed by atoms with van der Waals surface area (Å²) in [5.41, 5.74) is 1.10. The van der Waals surface area contributed by atoms with Crippen LogP contribution in [0.1, 0.15) is 18.9 Å². The molecular formula is C12H17BrClNO. The van der Waals surface area contributed by atoms with Crippen molar-refractivity contribution in [3.63, 3.8) is 0 Å². The second kappa shape index (κ2) is 6.60. The van der Waals surface area contributed by atoms with Crippen LogP contribution >= 0.6 is 27.5 Å². The summed E-state index contributed by atoms with van der Waals surface area (Å²) < 4.78 is 1.04. The van der Waals surface area contributed by atoms with Gasteiger partial charge in [-0.1, -0.05) is 27.5 Å². The van der Waals surface area contributed by atoms with Crippen LogP contribution in [0.3, 0.4) is 0 Å². The first kappa shape index (κ1) is 14.0. The number of aliphatic hydroxyl groups excluding tert-OH is 1. The first-order chi connectivity index (χ1) is 7.49. The van der Waals surface area contributed by atoms with Gasteiger partial charge in [-0.2, -0.15) is 0 Å². The van der Waals surface area contributed by atoms with E-state index < -0.39 is 0 Å². The number of nitrogens with zero attached hydrogens (tertiary/aromatic N) is 1. The van der Waals surface area contributed by atoms with Crippen LogP contribution in [0.15, 0.2) is 22.7 Å². The van der Waals surface area contributed by atoms with Crippen LogP contribution in [0.25, 0.3) is 0 Å². The Balaban J connectivity index is 2.55. The van der Waals surface area contributed by atoms with Gasteiger partial charge in [-0.25, -0.2) is 0 Å². The monoisotopic (exact) mass is 305 g/mol. The Morgan fingerprint density at radius 3 is 2.81 bits per heavy atom. The van der Waals surface area contributed by atoms with E-state index in [1.807, 2.05) is 25.2 Å². The van der Waals surface area contributed by atoms with Crippen LogP contribution in [-0.4, -0.2) is 29.7 Å². The molecular weight excluding hydrogens is 289 g/mol. The lowest BCUT2D eigenvalue weighted by Gasteiger charge is -2.18. The maximum atomic E-state index is 9.21. The minimum absolute atomic E-state index is 0.250. The number of aliphatic hydroxyl groups is 1. The van der Waals surface area contributed by atoms with Gasteiger partial charge < -0.3 is 10.0 Å². The number of rotatable bonds is 5. The maximum Gasteiger partial charge on any atom is 0.0524 e. The van der Waals surface area contributed by atoms with Gasteiger partial charge in [0.25, 0.3) is 0 Å². The molecule has 1 aromatic carbocycles. The predicted octanol–water partition coefficient (Wildman–Crippen LogP) is 3.31. The Labute approximate surface area is 110 Å². The average molecular weight is 307 g/mol. The molecule has 0 saturated carbocycles. The van der Waals surface area contributed by atoms with Crippen molar-refractivity contribution < 1.29 is 5.11 Å². The number of benzene rings is 1. The fourth-order valence-electron chi connectivity index (χ4n) is 1.44. The summed E-state index contributed by atoms with van der Waals surface area (Å²) in [7, 11) is 2.03. The summed E-state index contributed by atoms with van der Waals surface area (Å²) >= 11 is 9.54. The SMILES string of the molecule is CC(O)CCN(C)Cc1cc(Br)ccc1Cl. The fourth-order valence-corrected chi connectivity index (χ4v) is 2.03. The molecule has 0 fully saturated rings. The molecule has 0 aromatic heterocycles. The third kappa shape index (κ3) is 4.83. The first-order valence-corrected chi connectivity index (χ1v) is 6.46. The zero-order chi connectivity index (χ0) is 12.1. The minimum atomic E-state index is -0.250. The standard InChI is InChI=1S/C12H17BrClNO/c1-9(16)5-6-15(2)8-10-7-11(13)3-4-12(10)14/h3-4,7,9,16H,5-6,8H2,1-2H3. The molecule has 90 valence electrons. The highest BCUT2D eigenvalue weighted by Crippen LogP contribution is 2.22. The summed E-state index contributed by atoms with van der Waals surface area (Å²) in [4.78, 5) is 2.15. The molecule has 0 heterocycles. The zero-order valence-corrected chi connectivity index (χ0v) is 11.9. The Bertz CT molecular complexity index is 344. The van der Waals surface area contributed by atoms with Crippen LogP contribution in [0, 0.1) is 0 Å². The van der Waals surface area contributed by atoms with Crippen LogP contribution in [0.4, 0.5) is 0 Å². The van der Waals surface area contributed by atoms with Crippen LogP contribution < -0.4 is 0 Å². The summed E-state index contributed by atoms with van der Waals surface area (Å²) in [5.74, 6) is 0. The molecule has 1 aromatic rings. The summed E-state index contributed by atoms with van der Waals surface area (Å²) in [6, 6.07) is 5.85. The van der Waals surface area contributed by atoms with Crippen molar-refractivity contribution >= 4 is 27.5 Å². The lowest BCUT2D eigenvalue weighted by Crippen LogP contribution is -2.22. The Morgan fingerprint density at radius 1 is 1.50 bits per heavy atom. The van der Waals surface area contributed by atoms with Crippen LogP contribution in [0.5, 0.6) is 0 Å². The highest BCUT2D eigenvalue weighted by Gasteiger charge is 2.06. The van der Waals surface area contributed by atoms with Gasteiger partial charge in [0, 0.05) is 22.6 Å². The van der Waals surface area contributed by atoms with Crippen molar-refractivity contribution in [3.8, 4) is 0 Å². The van der Waals surface area contributed by atoms with E-state index in [0.717, 1.165) is 34.6 Å². The zero-order valence-electron chi connectivity index (χ0n) is 9.58. The maximum absolute atomic E-state index is 9.21. The summed E-state index contributed by atoms with van der Waals surface area (Å²) in [6.45, 7) is 3.46. The molecule has 1 N–H and O–H groups in total. The molecule has 0 aliphatic carbocycles. The molecule has 1 atom stereocenters. The minimum Gasteiger partial charge on any atom is -0.393 e. The molecule has 1 unspecified atom stereocenters. The Morgan fingerprint density at radius 2 is 2.19 bits per heavy atom. The molecule has 2 nitrogen and oxygen atoms in total. The largest absolute Gasteiger partial charge is 0.393 e. The smallest absolute Gasteiger partial charge is 0.0524 e. The second-order valence-electron chi connectivity index (χ2n) is 4.11. The molecule has 0 aliphatic rings.